The molecule has 0 amide bonds. The average Bonchev–Trinajstić information content (AvgIpc) is 3.29. The Labute approximate surface area is 205 Å². The molecule has 6 heteroatoms. The number of carboxylic acid groups (broad SMARTS) is 1. The summed E-state index contributed by atoms with van der Waals surface area (Å²) in [6.45, 7) is 4.13. The number of rotatable bonds is 9. The minimum atomic E-state index is -0.810. The van der Waals surface area contributed by atoms with Gasteiger partial charge in [-0.05, 0) is 67.6 Å². The molecule has 0 aliphatic carbocycles. The monoisotopic (exact) mass is 475 g/mol. The van der Waals surface area contributed by atoms with Gasteiger partial charge in [-0.2, -0.15) is 0 Å². The molecule has 3 aromatic rings. The Morgan fingerprint density at radius 3 is 2.82 bits per heavy atom. The predicted molar refractivity (Wildman–Crippen MR) is 136 cm³/mol. The lowest BCUT2D eigenvalue weighted by molar-refractivity contribution is -0.136. The molecule has 5 nitrogen and oxygen atoms in total. The maximum absolute atomic E-state index is 10.9. The summed E-state index contributed by atoms with van der Waals surface area (Å²) in [6.07, 6.45) is 2.78. The van der Waals surface area contributed by atoms with Crippen LogP contribution in [0.15, 0.2) is 48.5 Å². The first-order valence-corrected chi connectivity index (χ1v) is 12.3. The molecule has 0 atom stereocenters. The first kappa shape index (κ1) is 23.7. The highest BCUT2D eigenvalue weighted by Crippen LogP contribution is 2.37. The standard InChI is InChI=1S/C28H29NO4S/c1-3-6-22-17-23(12-10-20(22)11-15-27(30)31)33-19-25-14-13-24(34-25)18-29-16-5-8-21-7-4-9-26(32-2)28(21)29/h4,7,9-10,12-14,17H,5,8,11,15-16,18-19H2,1-2H3,(H,30,31). The van der Waals surface area contributed by atoms with E-state index >= 15 is 0 Å². The molecule has 1 aliphatic heterocycles. The molecule has 0 unspecified atom stereocenters. The van der Waals surface area contributed by atoms with Crippen LogP contribution in [0.4, 0.5) is 5.69 Å². The third-order valence-corrected chi connectivity index (χ3v) is 6.93. The van der Waals surface area contributed by atoms with Crippen molar-refractivity contribution in [3.63, 3.8) is 0 Å². The molecule has 2 aromatic carbocycles. The van der Waals surface area contributed by atoms with Crippen LogP contribution >= 0.6 is 11.3 Å². The van der Waals surface area contributed by atoms with Gasteiger partial charge in [0.2, 0.25) is 0 Å². The second-order valence-electron chi connectivity index (χ2n) is 8.24. The average molecular weight is 476 g/mol. The molecule has 1 aromatic heterocycles. The number of hydrogen-bond acceptors (Lipinski definition) is 5. The summed E-state index contributed by atoms with van der Waals surface area (Å²) in [6, 6.07) is 16.3. The molecular formula is C28H29NO4S. The van der Waals surface area contributed by atoms with E-state index in [4.69, 9.17) is 14.6 Å². The lowest BCUT2D eigenvalue weighted by Crippen LogP contribution is -2.28. The van der Waals surface area contributed by atoms with Crippen LogP contribution in [0.1, 0.15) is 46.2 Å². The Morgan fingerprint density at radius 1 is 1.18 bits per heavy atom. The molecule has 0 bridgehead atoms. The van der Waals surface area contributed by atoms with Crippen molar-refractivity contribution in [3.8, 4) is 23.3 Å². The van der Waals surface area contributed by atoms with Crippen LogP contribution in [-0.4, -0.2) is 24.7 Å². The number of aryl methyl sites for hydroxylation is 2. The molecule has 2 heterocycles. The zero-order valence-corrected chi connectivity index (χ0v) is 20.4. The van der Waals surface area contributed by atoms with Crippen LogP contribution in [0.25, 0.3) is 0 Å². The fourth-order valence-corrected chi connectivity index (χ4v) is 5.25. The number of carboxylic acids is 1. The maximum Gasteiger partial charge on any atom is 0.303 e. The number of hydrogen-bond donors (Lipinski definition) is 1. The van der Waals surface area contributed by atoms with Crippen LogP contribution in [0.5, 0.6) is 11.5 Å². The number of carbonyl (C=O) groups is 1. The number of anilines is 1. The van der Waals surface area contributed by atoms with Gasteiger partial charge < -0.3 is 19.5 Å². The van der Waals surface area contributed by atoms with E-state index in [1.807, 2.05) is 24.3 Å². The van der Waals surface area contributed by atoms with Crippen LogP contribution < -0.4 is 14.4 Å². The van der Waals surface area contributed by atoms with E-state index < -0.39 is 5.97 Å². The van der Waals surface area contributed by atoms with Gasteiger partial charge in [0.25, 0.3) is 0 Å². The zero-order valence-electron chi connectivity index (χ0n) is 19.6. The summed E-state index contributed by atoms with van der Waals surface area (Å²) >= 11 is 1.76. The van der Waals surface area contributed by atoms with Crippen LogP contribution in [0.2, 0.25) is 0 Å². The topological polar surface area (TPSA) is 59.0 Å². The molecule has 0 spiro atoms. The summed E-state index contributed by atoms with van der Waals surface area (Å²) in [5.74, 6) is 6.84. The van der Waals surface area contributed by atoms with Crippen molar-refractivity contribution in [1.82, 2.24) is 0 Å². The van der Waals surface area contributed by atoms with Crippen LogP contribution in [0, 0.1) is 11.8 Å². The van der Waals surface area contributed by atoms with E-state index in [1.165, 1.54) is 16.1 Å². The van der Waals surface area contributed by atoms with Gasteiger partial charge in [-0.25, -0.2) is 0 Å². The zero-order chi connectivity index (χ0) is 23.9. The van der Waals surface area contributed by atoms with Gasteiger partial charge in [-0.1, -0.05) is 24.1 Å². The predicted octanol–water partition coefficient (Wildman–Crippen LogP) is 5.68. The van der Waals surface area contributed by atoms with Crippen LogP contribution in [0.3, 0.4) is 0 Å². The Kier molecular flexibility index (Phi) is 7.76. The molecule has 0 fully saturated rings. The van der Waals surface area contributed by atoms with Crippen molar-refractivity contribution in [2.75, 3.05) is 18.6 Å². The van der Waals surface area contributed by atoms with E-state index in [0.29, 0.717) is 13.0 Å². The highest BCUT2D eigenvalue weighted by Gasteiger charge is 2.21. The van der Waals surface area contributed by atoms with E-state index in [-0.39, 0.29) is 6.42 Å². The highest BCUT2D eigenvalue weighted by molar-refractivity contribution is 7.11. The summed E-state index contributed by atoms with van der Waals surface area (Å²) in [5, 5.41) is 8.97. The third kappa shape index (κ3) is 5.73. The number of nitrogens with zero attached hydrogens (tertiary/aromatic N) is 1. The van der Waals surface area contributed by atoms with Gasteiger partial charge in [-0.3, -0.25) is 4.79 Å². The summed E-state index contributed by atoms with van der Waals surface area (Å²) < 4.78 is 11.7. The smallest absolute Gasteiger partial charge is 0.303 e. The number of aliphatic carboxylic acids is 1. The molecule has 0 saturated carbocycles. The lowest BCUT2D eigenvalue weighted by atomic mass is 10.0. The number of ether oxygens (including phenoxy) is 2. The normalized spacial score (nSPS) is 12.5. The van der Waals surface area contributed by atoms with Crippen molar-refractivity contribution in [1.29, 1.82) is 0 Å². The maximum atomic E-state index is 10.9. The first-order valence-electron chi connectivity index (χ1n) is 11.5. The van der Waals surface area contributed by atoms with E-state index in [9.17, 15) is 4.79 Å². The lowest BCUT2D eigenvalue weighted by Gasteiger charge is -2.32. The number of benzene rings is 2. The quantitative estimate of drug-likeness (QED) is 0.404. The Morgan fingerprint density at radius 2 is 2.03 bits per heavy atom. The van der Waals surface area contributed by atoms with Crippen molar-refractivity contribution in [2.45, 2.75) is 45.8 Å². The summed E-state index contributed by atoms with van der Waals surface area (Å²) in [4.78, 5) is 15.8. The molecule has 1 N–H and O–H groups in total. The number of para-hydroxylation sites is 1. The minimum Gasteiger partial charge on any atom is -0.495 e. The second-order valence-corrected chi connectivity index (χ2v) is 9.49. The van der Waals surface area contributed by atoms with Crippen molar-refractivity contribution in [2.24, 2.45) is 0 Å². The van der Waals surface area contributed by atoms with E-state index in [1.54, 1.807) is 25.4 Å². The Balaban J connectivity index is 1.41. The fourth-order valence-electron chi connectivity index (χ4n) is 4.31. The van der Waals surface area contributed by atoms with Crippen molar-refractivity contribution >= 4 is 23.0 Å². The molecule has 0 radical (unpaired) electrons. The Hall–Kier alpha value is -3.43. The van der Waals surface area contributed by atoms with Gasteiger partial charge in [0, 0.05) is 28.3 Å². The van der Waals surface area contributed by atoms with Gasteiger partial charge >= 0.3 is 5.97 Å². The van der Waals surface area contributed by atoms with E-state index in [0.717, 1.165) is 53.4 Å². The molecule has 176 valence electrons. The number of thiophene rings is 1. The highest BCUT2D eigenvalue weighted by atomic mass is 32.1. The van der Waals surface area contributed by atoms with Crippen molar-refractivity contribution < 1.29 is 19.4 Å². The number of methoxy groups -OCH3 is 1. The third-order valence-electron chi connectivity index (χ3n) is 5.89. The Bertz CT molecular complexity index is 1210. The van der Waals surface area contributed by atoms with Gasteiger partial charge in [0.15, 0.2) is 0 Å². The molecule has 4 rings (SSSR count). The fraction of sp³-hybridized carbons (Fsp3) is 0.321. The molecule has 34 heavy (non-hydrogen) atoms. The molecule has 1 aliphatic rings. The number of fused-ring (bicyclic) bond motifs is 1. The summed E-state index contributed by atoms with van der Waals surface area (Å²) in [7, 11) is 1.74. The van der Waals surface area contributed by atoms with Gasteiger partial charge in [0.1, 0.15) is 18.1 Å². The summed E-state index contributed by atoms with van der Waals surface area (Å²) in [5.41, 5.74) is 4.32. The van der Waals surface area contributed by atoms with Crippen molar-refractivity contribution in [3.05, 3.63) is 75.0 Å². The second kappa shape index (κ2) is 11.1. The van der Waals surface area contributed by atoms with Gasteiger partial charge in [-0.15, -0.1) is 17.3 Å². The SMILES string of the molecule is CC#Cc1cc(OCc2ccc(CN3CCCc4cccc(OC)c43)s2)ccc1CCC(=O)O. The van der Waals surface area contributed by atoms with E-state index in [2.05, 4.69) is 41.0 Å². The van der Waals surface area contributed by atoms with Crippen LogP contribution in [-0.2, 0) is 30.8 Å². The largest absolute Gasteiger partial charge is 0.495 e. The minimum absolute atomic E-state index is 0.0872. The first-order chi connectivity index (χ1) is 16.6. The molecule has 0 saturated heterocycles. The molecular weight excluding hydrogens is 446 g/mol. The van der Waals surface area contributed by atoms with Gasteiger partial charge in [0.05, 0.1) is 19.3 Å².